The van der Waals surface area contributed by atoms with E-state index in [9.17, 15) is 13.2 Å². The molecule has 0 radical (unpaired) electrons. The van der Waals surface area contributed by atoms with Gasteiger partial charge in [0, 0.05) is 48.7 Å². The number of piperazine rings is 1. The lowest BCUT2D eigenvalue weighted by atomic mass is 9.99. The van der Waals surface area contributed by atoms with E-state index >= 15 is 0 Å². The van der Waals surface area contributed by atoms with Gasteiger partial charge in [0.25, 0.3) is 0 Å². The average molecular weight is 341 g/mol. The van der Waals surface area contributed by atoms with Crippen LogP contribution >= 0.6 is 23.2 Å². The largest absolute Gasteiger partial charge is 0.389 e. The summed E-state index contributed by atoms with van der Waals surface area (Å²) in [4.78, 5) is 2.05. The van der Waals surface area contributed by atoms with Crippen LogP contribution in [0.4, 0.5) is 13.2 Å². The van der Waals surface area contributed by atoms with Crippen LogP contribution in [0.5, 0.6) is 0 Å². The van der Waals surface area contributed by atoms with Crippen molar-refractivity contribution in [1.29, 1.82) is 0 Å². The monoisotopic (exact) mass is 340 g/mol. The van der Waals surface area contributed by atoms with E-state index in [-0.39, 0.29) is 12.5 Å². The first-order valence-electron chi connectivity index (χ1n) is 6.83. The van der Waals surface area contributed by atoms with E-state index in [0.29, 0.717) is 28.7 Å². The highest BCUT2D eigenvalue weighted by Gasteiger charge is 2.32. The molecule has 0 spiro atoms. The van der Waals surface area contributed by atoms with E-state index in [2.05, 4.69) is 10.2 Å². The number of benzene rings is 1. The molecule has 0 aliphatic carbocycles. The summed E-state index contributed by atoms with van der Waals surface area (Å²) in [5.41, 5.74) is 0.715. The number of hydrogen-bond acceptors (Lipinski definition) is 2. The number of alkyl halides is 3. The van der Waals surface area contributed by atoms with Gasteiger partial charge in [0.2, 0.25) is 0 Å². The number of hydrogen-bond donors (Lipinski definition) is 1. The van der Waals surface area contributed by atoms with Crippen LogP contribution < -0.4 is 5.32 Å². The molecule has 7 heteroatoms. The third-order valence-electron chi connectivity index (χ3n) is 3.62. The Morgan fingerprint density at radius 3 is 2.43 bits per heavy atom. The van der Waals surface area contributed by atoms with Crippen molar-refractivity contribution in [2.75, 3.05) is 26.2 Å². The van der Waals surface area contributed by atoms with Crippen molar-refractivity contribution in [3.63, 3.8) is 0 Å². The van der Waals surface area contributed by atoms with Gasteiger partial charge in [0.05, 0.1) is 0 Å². The lowest BCUT2D eigenvalue weighted by Gasteiger charge is -2.36. The highest BCUT2D eigenvalue weighted by molar-refractivity contribution is 6.35. The predicted molar refractivity (Wildman–Crippen MR) is 78.9 cm³/mol. The smallest absolute Gasteiger partial charge is 0.314 e. The number of halogens is 5. The number of nitrogens with one attached hydrogen (secondary N) is 1. The zero-order chi connectivity index (χ0) is 15.5. The first kappa shape index (κ1) is 16.9. The maximum atomic E-state index is 12.6. The van der Waals surface area contributed by atoms with E-state index in [1.807, 2.05) is 0 Å². The third kappa shape index (κ3) is 5.02. The molecule has 0 aromatic heterocycles. The second-order valence-electron chi connectivity index (χ2n) is 5.12. The second-order valence-corrected chi connectivity index (χ2v) is 5.97. The minimum atomic E-state index is -4.16. The Balaban J connectivity index is 2.21. The van der Waals surface area contributed by atoms with Crippen LogP contribution in [0, 0.1) is 0 Å². The second kappa shape index (κ2) is 7.18. The van der Waals surface area contributed by atoms with Gasteiger partial charge >= 0.3 is 6.18 Å². The van der Waals surface area contributed by atoms with Gasteiger partial charge in [-0.1, -0.05) is 29.3 Å². The summed E-state index contributed by atoms with van der Waals surface area (Å²) in [5, 5.41) is 4.11. The zero-order valence-electron chi connectivity index (χ0n) is 11.4. The summed E-state index contributed by atoms with van der Waals surface area (Å²) < 4.78 is 37.7. The van der Waals surface area contributed by atoms with Gasteiger partial charge in [0.1, 0.15) is 0 Å². The van der Waals surface area contributed by atoms with Crippen molar-refractivity contribution in [2.24, 2.45) is 0 Å². The Morgan fingerprint density at radius 1 is 1.19 bits per heavy atom. The molecule has 21 heavy (non-hydrogen) atoms. The summed E-state index contributed by atoms with van der Waals surface area (Å²) in [6, 6.07) is 4.65. The predicted octanol–water partition coefficient (Wildman–Crippen LogP) is 4.28. The molecule has 2 nitrogen and oxygen atoms in total. The normalized spacial score (nSPS) is 18.7. The Morgan fingerprint density at radius 2 is 1.86 bits per heavy atom. The van der Waals surface area contributed by atoms with Crippen LogP contribution in [0.3, 0.4) is 0 Å². The van der Waals surface area contributed by atoms with E-state index in [0.717, 1.165) is 13.1 Å². The van der Waals surface area contributed by atoms with Gasteiger partial charge < -0.3 is 5.32 Å². The first-order chi connectivity index (χ1) is 9.87. The summed E-state index contributed by atoms with van der Waals surface area (Å²) in [6.07, 6.45) is -4.98. The maximum Gasteiger partial charge on any atom is 0.389 e. The van der Waals surface area contributed by atoms with Crippen LogP contribution in [-0.2, 0) is 0 Å². The molecular formula is C14H17Cl2F3N2. The van der Waals surface area contributed by atoms with Gasteiger partial charge in [-0.15, -0.1) is 0 Å². The standard InChI is InChI=1S/C14H17Cl2F3N2/c15-10-1-2-11(12(16)9-10)13(3-4-14(17,18)19)21-7-5-20-6-8-21/h1-2,9,13,20H,3-8H2/t13-/m0/s1. The Hall–Kier alpha value is -0.490. The van der Waals surface area contributed by atoms with Crippen molar-refractivity contribution in [3.8, 4) is 0 Å². The summed E-state index contributed by atoms with van der Waals surface area (Å²) in [6.45, 7) is 2.96. The molecule has 0 bridgehead atoms. The fraction of sp³-hybridized carbons (Fsp3) is 0.571. The maximum absolute atomic E-state index is 12.6. The summed E-state index contributed by atoms with van der Waals surface area (Å²) >= 11 is 12.1. The van der Waals surface area contributed by atoms with E-state index in [4.69, 9.17) is 23.2 Å². The molecule has 1 aliphatic rings. The fourth-order valence-electron chi connectivity index (χ4n) is 2.60. The van der Waals surface area contributed by atoms with Crippen LogP contribution in [0.15, 0.2) is 18.2 Å². The SMILES string of the molecule is FC(F)(F)CC[C@@H](c1ccc(Cl)cc1Cl)N1CCNCC1. The van der Waals surface area contributed by atoms with E-state index in [1.165, 1.54) is 0 Å². The molecule has 1 heterocycles. The molecule has 1 aliphatic heterocycles. The summed E-state index contributed by atoms with van der Waals surface area (Å²) in [7, 11) is 0. The van der Waals surface area contributed by atoms with Crippen molar-refractivity contribution in [1.82, 2.24) is 10.2 Å². The van der Waals surface area contributed by atoms with Crippen LogP contribution in [0.2, 0.25) is 10.0 Å². The molecule has 118 valence electrons. The van der Waals surface area contributed by atoms with Gasteiger partial charge in [-0.05, 0) is 24.1 Å². The lowest BCUT2D eigenvalue weighted by Crippen LogP contribution is -2.45. The third-order valence-corrected chi connectivity index (χ3v) is 4.18. The first-order valence-corrected chi connectivity index (χ1v) is 7.59. The minimum absolute atomic E-state index is 0.00481. The van der Waals surface area contributed by atoms with Crippen molar-refractivity contribution >= 4 is 23.2 Å². The minimum Gasteiger partial charge on any atom is -0.314 e. The van der Waals surface area contributed by atoms with Crippen molar-refractivity contribution in [3.05, 3.63) is 33.8 Å². The molecule has 1 N–H and O–H groups in total. The highest BCUT2D eigenvalue weighted by atomic mass is 35.5. The quantitative estimate of drug-likeness (QED) is 0.879. The molecule has 1 fully saturated rings. The van der Waals surface area contributed by atoms with Gasteiger partial charge in [-0.3, -0.25) is 4.90 Å². The Bertz CT molecular complexity index is 474. The fourth-order valence-corrected chi connectivity index (χ4v) is 3.14. The van der Waals surface area contributed by atoms with Gasteiger partial charge in [-0.2, -0.15) is 13.2 Å². The molecule has 0 saturated carbocycles. The molecule has 1 aromatic rings. The topological polar surface area (TPSA) is 15.3 Å². The van der Waals surface area contributed by atoms with Crippen LogP contribution in [0.1, 0.15) is 24.4 Å². The molecular weight excluding hydrogens is 324 g/mol. The molecule has 2 rings (SSSR count). The highest BCUT2D eigenvalue weighted by Crippen LogP contribution is 2.35. The van der Waals surface area contributed by atoms with Crippen molar-refractivity contribution in [2.45, 2.75) is 25.1 Å². The zero-order valence-corrected chi connectivity index (χ0v) is 12.9. The Kier molecular flexibility index (Phi) is 5.77. The summed E-state index contributed by atoms with van der Waals surface area (Å²) in [5.74, 6) is 0. The molecule has 1 atom stereocenters. The number of nitrogens with zero attached hydrogens (tertiary/aromatic N) is 1. The lowest BCUT2D eigenvalue weighted by molar-refractivity contribution is -0.138. The Labute approximate surface area is 132 Å². The molecule has 0 unspecified atom stereocenters. The van der Waals surface area contributed by atoms with E-state index < -0.39 is 12.6 Å². The molecule has 1 saturated heterocycles. The van der Waals surface area contributed by atoms with E-state index in [1.54, 1.807) is 18.2 Å². The van der Waals surface area contributed by atoms with Crippen molar-refractivity contribution < 1.29 is 13.2 Å². The van der Waals surface area contributed by atoms with Gasteiger partial charge in [-0.25, -0.2) is 0 Å². The van der Waals surface area contributed by atoms with Crippen LogP contribution in [0.25, 0.3) is 0 Å². The average Bonchev–Trinajstić information content (AvgIpc) is 2.41. The van der Waals surface area contributed by atoms with Crippen LogP contribution in [-0.4, -0.2) is 37.3 Å². The molecule has 0 amide bonds. The number of rotatable bonds is 4. The molecule has 1 aromatic carbocycles. The van der Waals surface area contributed by atoms with Gasteiger partial charge in [0.15, 0.2) is 0 Å².